The van der Waals surface area contributed by atoms with E-state index < -0.39 is 40.6 Å². The van der Waals surface area contributed by atoms with Crippen LogP contribution in [0.1, 0.15) is 22.8 Å². The third-order valence-electron chi connectivity index (χ3n) is 3.88. The second-order valence-corrected chi connectivity index (χ2v) is 5.72. The summed E-state index contributed by atoms with van der Waals surface area (Å²) in [5.41, 5.74) is -0.377. The molecule has 0 unspecified atom stereocenters. The number of likely N-dealkylation sites (N-methyl/N-ethyl adjacent to an activating group) is 1. The van der Waals surface area contributed by atoms with Crippen LogP contribution < -0.4 is 5.32 Å². The Bertz CT molecular complexity index is 882. The number of nitrogens with one attached hydrogen (secondary N) is 1. The molecule has 2 amide bonds. The molecule has 0 heterocycles. The van der Waals surface area contributed by atoms with Crippen LogP contribution >= 0.6 is 0 Å². The van der Waals surface area contributed by atoms with Gasteiger partial charge in [0.05, 0.1) is 4.92 Å². The van der Waals surface area contributed by atoms with E-state index in [1.807, 2.05) is 0 Å². The number of hydrogen-bond acceptors (Lipinski definition) is 4. The fourth-order valence-electron chi connectivity index (χ4n) is 2.42. The molecule has 0 aliphatic carbocycles. The first-order chi connectivity index (χ1) is 12.7. The molecule has 0 bridgehead atoms. The summed E-state index contributed by atoms with van der Waals surface area (Å²) >= 11 is 0. The SMILES string of the molecule is CCN(CC(=O)Nc1c(F)cccc1F)C(=O)c1ccc(C)c([N+](=O)[O-])c1. The zero-order chi connectivity index (χ0) is 20.1. The number of aryl methyl sites for hydroxylation is 1. The highest BCUT2D eigenvalue weighted by atomic mass is 19.1. The van der Waals surface area contributed by atoms with E-state index >= 15 is 0 Å². The molecule has 2 aromatic carbocycles. The molecule has 1 N–H and O–H groups in total. The van der Waals surface area contributed by atoms with Gasteiger partial charge in [-0.15, -0.1) is 0 Å². The van der Waals surface area contributed by atoms with Crippen molar-refractivity contribution in [2.75, 3.05) is 18.4 Å². The van der Waals surface area contributed by atoms with Gasteiger partial charge < -0.3 is 10.2 Å². The number of rotatable bonds is 6. The van der Waals surface area contributed by atoms with E-state index in [9.17, 15) is 28.5 Å². The van der Waals surface area contributed by atoms with E-state index in [4.69, 9.17) is 0 Å². The van der Waals surface area contributed by atoms with E-state index in [0.29, 0.717) is 5.56 Å². The van der Waals surface area contributed by atoms with Crippen LogP contribution in [0.4, 0.5) is 20.2 Å². The van der Waals surface area contributed by atoms with Crippen molar-refractivity contribution in [3.63, 3.8) is 0 Å². The second kappa shape index (κ2) is 8.35. The van der Waals surface area contributed by atoms with Crippen LogP contribution in [0.25, 0.3) is 0 Å². The van der Waals surface area contributed by atoms with Gasteiger partial charge in [-0.25, -0.2) is 8.78 Å². The van der Waals surface area contributed by atoms with Crippen molar-refractivity contribution in [1.82, 2.24) is 4.90 Å². The predicted octanol–water partition coefficient (Wildman–Crippen LogP) is 3.28. The van der Waals surface area contributed by atoms with E-state index in [1.165, 1.54) is 12.1 Å². The van der Waals surface area contributed by atoms with Gasteiger partial charge in [0, 0.05) is 23.7 Å². The largest absolute Gasteiger partial charge is 0.330 e. The maximum Gasteiger partial charge on any atom is 0.273 e. The van der Waals surface area contributed by atoms with E-state index in [0.717, 1.165) is 29.2 Å². The summed E-state index contributed by atoms with van der Waals surface area (Å²) in [6.07, 6.45) is 0. The molecule has 0 aliphatic heterocycles. The molecule has 0 fully saturated rings. The first kappa shape index (κ1) is 20.0. The molecular weight excluding hydrogens is 360 g/mol. The Balaban J connectivity index is 2.17. The smallest absolute Gasteiger partial charge is 0.273 e. The third-order valence-corrected chi connectivity index (χ3v) is 3.88. The van der Waals surface area contributed by atoms with E-state index in [2.05, 4.69) is 5.32 Å². The third kappa shape index (κ3) is 4.63. The van der Waals surface area contributed by atoms with Crippen LogP contribution in [0.2, 0.25) is 0 Å². The Kier molecular flexibility index (Phi) is 6.17. The highest BCUT2D eigenvalue weighted by Crippen LogP contribution is 2.21. The van der Waals surface area contributed by atoms with Crippen molar-refractivity contribution in [3.05, 3.63) is 69.3 Å². The van der Waals surface area contributed by atoms with Gasteiger partial charge in [-0.2, -0.15) is 0 Å². The van der Waals surface area contributed by atoms with Gasteiger partial charge >= 0.3 is 0 Å². The average Bonchev–Trinajstić information content (AvgIpc) is 2.62. The molecule has 9 heteroatoms. The van der Waals surface area contributed by atoms with Crippen molar-refractivity contribution in [2.45, 2.75) is 13.8 Å². The van der Waals surface area contributed by atoms with E-state index in [1.54, 1.807) is 13.8 Å². The molecule has 0 saturated heterocycles. The molecule has 142 valence electrons. The van der Waals surface area contributed by atoms with Crippen molar-refractivity contribution < 1.29 is 23.3 Å². The highest BCUT2D eigenvalue weighted by molar-refractivity contribution is 5.99. The second-order valence-electron chi connectivity index (χ2n) is 5.72. The Hall–Kier alpha value is -3.36. The lowest BCUT2D eigenvalue weighted by molar-refractivity contribution is -0.385. The number of carbonyl (C=O) groups is 2. The summed E-state index contributed by atoms with van der Waals surface area (Å²) in [6, 6.07) is 7.14. The summed E-state index contributed by atoms with van der Waals surface area (Å²) in [4.78, 5) is 36.2. The molecule has 2 aromatic rings. The molecule has 0 aromatic heterocycles. The van der Waals surface area contributed by atoms with Crippen LogP contribution in [0, 0.1) is 28.7 Å². The molecular formula is C18H17F2N3O4. The molecule has 7 nitrogen and oxygen atoms in total. The van der Waals surface area contributed by atoms with Gasteiger partial charge in [0.15, 0.2) is 0 Å². The minimum Gasteiger partial charge on any atom is -0.330 e. The standard InChI is InChI=1S/C18H17F2N3O4/c1-3-22(10-16(24)21-17-13(19)5-4-6-14(17)20)18(25)12-8-7-11(2)15(9-12)23(26)27/h4-9H,3,10H2,1-2H3,(H,21,24). The Morgan fingerprint density at radius 3 is 2.37 bits per heavy atom. The van der Waals surface area contributed by atoms with Gasteiger partial charge in [0.25, 0.3) is 11.6 Å². The lowest BCUT2D eigenvalue weighted by Crippen LogP contribution is -2.38. The minimum absolute atomic E-state index is 0.0408. The first-order valence-electron chi connectivity index (χ1n) is 8.02. The maximum absolute atomic E-state index is 13.6. The van der Waals surface area contributed by atoms with Crippen LogP contribution in [0.5, 0.6) is 0 Å². The number of hydrogen-bond donors (Lipinski definition) is 1. The summed E-state index contributed by atoms with van der Waals surface area (Å²) in [5, 5.41) is 13.1. The normalized spacial score (nSPS) is 10.4. The highest BCUT2D eigenvalue weighted by Gasteiger charge is 2.22. The average molecular weight is 377 g/mol. The molecule has 0 atom stereocenters. The van der Waals surface area contributed by atoms with Gasteiger partial charge in [-0.1, -0.05) is 12.1 Å². The number of benzene rings is 2. The Morgan fingerprint density at radius 2 is 1.81 bits per heavy atom. The first-order valence-corrected chi connectivity index (χ1v) is 8.02. The maximum atomic E-state index is 13.6. The van der Waals surface area contributed by atoms with Gasteiger partial charge in [-0.3, -0.25) is 19.7 Å². The Labute approximate surface area is 153 Å². The number of amides is 2. The zero-order valence-corrected chi connectivity index (χ0v) is 14.7. The van der Waals surface area contributed by atoms with Crippen molar-refractivity contribution in [2.24, 2.45) is 0 Å². The van der Waals surface area contributed by atoms with Gasteiger partial charge in [0.1, 0.15) is 23.9 Å². The number of nitro benzene ring substituents is 1. The molecule has 0 spiro atoms. The topological polar surface area (TPSA) is 92.6 Å². The lowest BCUT2D eigenvalue weighted by atomic mass is 10.1. The van der Waals surface area contributed by atoms with Crippen molar-refractivity contribution in [3.8, 4) is 0 Å². The number of carbonyl (C=O) groups excluding carboxylic acids is 2. The summed E-state index contributed by atoms with van der Waals surface area (Å²) < 4.78 is 27.2. The molecule has 2 rings (SSSR count). The quantitative estimate of drug-likeness (QED) is 0.618. The van der Waals surface area contributed by atoms with Crippen LogP contribution in [-0.2, 0) is 4.79 Å². The fraction of sp³-hybridized carbons (Fsp3) is 0.222. The molecule has 0 radical (unpaired) electrons. The van der Waals surface area contributed by atoms with Crippen LogP contribution in [0.15, 0.2) is 36.4 Å². The van der Waals surface area contributed by atoms with Gasteiger partial charge in [0.2, 0.25) is 5.91 Å². The summed E-state index contributed by atoms with van der Waals surface area (Å²) in [5.74, 6) is -3.28. The molecule has 0 saturated carbocycles. The lowest BCUT2D eigenvalue weighted by Gasteiger charge is -2.20. The molecule has 0 aliphatic rings. The van der Waals surface area contributed by atoms with E-state index in [-0.39, 0.29) is 17.8 Å². The monoisotopic (exact) mass is 377 g/mol. The van der Waals surface area contributed by atoms with Crippen molar-refractivity contribution >= 4 is 23.2 Å². The molecule has 27 heavy (non-hydrogen) atoms. The Morgan fingerprint density at radius 1 is 1.19 bits per heavy atom. The summed E-state index contributed by atoms with van der Waals surface area (Å²) in [6.45, 7) is 2.80. The van der Waals surface area contributed by atoms with Crippen molar-refractivity contribution in [1.29, 1.82) is 0 Å². The number of para-hydroxylation sites is 1. The predicted molar refractivity (Wildman–Crippen MR) is 94.4 cm³/mol. The fourth-order valence-corrected chi connectivity index (χ4v) is 2.42. The number of nitro groups is 1. The van der Waals surface area contributed by atoms with Crippen LogP contribution in [-0.4, -0.2) is 34.7 Å². The number of anilines is 1. The number of halogens is 2. The summed E-state index contributed by atoms with van der Waals surface area (Å²) in [7, 11) is 0. The van der Waals surface area contributed by atoms with Crippen LogP contribution in [0.3, 0.4) is 0 Å². The van der Waals surface area contributed by atoms with Gasteiger partial charge in [-0.05, 0) is 32.0 Å². The minimum atomic E-state index is -0.938. The number of nitrogens with zero attached hydrogens (tertiary/aromatic N) is 2. The zero-order valence-electron chi connectivity index (χ0n) is 14.7.